The van der Waals surface area contributed by atoms with Gasteiger partial charge in [-0.1, -0.05) is 0 Å². The maximum atomic E-state index is 14.6. The molecule has 0 spiro atoms. The van der Waals surface area contributed by atoms with Gasteiger partial charge in [0.2, 0.25) is 0 Å². The molecule has 0 aliphatic rings. The third-order valence-electron chi connectivity index (χ3n) is 8.04. The summed E-state index contributed by atoms with van der Waals surface area (Å²) in [5.74, 6) is -36.7. The molecule has 0 atom stereocenters. The fraction of sp³-hybridized carbons (Fsp3) is 0.400. The van der Waals surface area contributed by atoms with Crippen molar-refractivity contribution in [2.75, 3.05) is 6.66 Å². The van der Waals surface area contributed by atoms with Gasteiger partial charge in [-0.15, -0.1) is 0 Å². The molecule has 0 saturated heterocycles. The number of hydrogen-bond acceptors (Lipinski definition) is 0. The van der Waals surface area contributed by atoms with E-state index in [9.17, 15) is 57.1 Å². The Hall–Kier alpha value is -2.60. The van der Waals surface area contributed by atoms with Gasteiger partial charge in [0.1, 0.15) is 0 Å². The van der Waals surface area contributed by atoms with Crippen LogP contribution in [0.4, 0.5) is 57.1 Å². The van der Waals surface area contributed by atoms with Crippen molar-refractivity contribution in [1.82, 2.24) is 0 Å². The molecule has 3 rings (SSSR count). The van der Waals surface area contributed by atoms with Crippen molar-refractivity contribution in [1.29, 1.82) is 0 Å². The van der Waals surface area contributed by atoms with Gasteiger partial charge in [0.25, 0.3) is 0 Å². The first-order chi connectivity index (χ1) is 20.4. The molecule has 0 saturated carbocycles. The van der Waals surface area contributed by atoms with Gasteiger partial charge >= 0.3 is 240 Å². The molecule has 0 N–H and O–H groups in total. The van der Waals surface area contributed by atoms with Crippen LogP contribution < -0.4 is 15.9 Å². The number of hydrogen-bond donors (Lipinski definition) is 0. The molecule has 15 heteroatoms. The van der Waals surface area contributed by atoms with Gasteiger partial charge in [0.05, 0.1) is 0 Å². The Balaban J connectivity index is 1.95. The summed E-state index contributed by atoms with van der Waals surface area (Å²) in [6.45, 7) is 4.98. The molecular formula is C30H30F13PSi. The Morgan fingerprint density at radius 1 is 0.533 bits per heavy atom. The normalized spacial score (nSPS) is 14.8. The first-order valence-electron chi connectivity index (χ1n) is 13.5. The first kappa shape index (κ1) is 36.9. The second-order valence-corrected chi connectivity index (χ2v) is 21.0. The van der Waals surface area contributed by atoms with Crippen LogP contribution >= 0.6 is 7.26 Å². The van der Waals surface area contributed by atoms with Crippen LogP contribution in [-0.4, -0.2) is 50.5 Å². The van der Waals surface area contributed by atoms with Gasteiger partial charge in [0, 0.05) is 0 Å². The molecule has 0 heterocycles. The summed E-state index contributed by atoms with van der Waals surface area (Å²) in [7, 11) is -5.95. The fourth-order valence-corrected chi connectivity index (χ4v) is 11.8. The zero-order valence-electron chi connectivity index (χ0n) is 24.1. The van der Waals surface area contributed by atoms with E-state index in [4.69, 9.17) is 0 Å². The van der Waals surface area contributed by atoms with Crippen LogP contribution in [0.5, 0.6) is 0 Å². The molecule has 3 aromatic rings. The Morgan fingerprint density at radius 3 is 1.38 bits per heavy atom. The van der Waals surface area contributed by atoms with Crippen LogP contribution in [0.15, 0.2) is 84.9 Å². The molecule has 0 fully saturated rings. The summed E-state index contributed by atoms with van der Waals surface area (Å²) in [4.78, 5) is 0. The first-order valence-corrected chi connectivity index (χ1v) is 19.4. The molecule has 0 radical (unpaired) electrons. The van der Waals surface area contributed by atoms with E-state index in [1.807, 2.05) is 66.7 Å². The van der Waals surface area contributed by atoms with E-state index in [1.165, 1.54) is 13.1 Å². The van der Waals surface area contributed by atoms with Gasteiger partial charge < -0.3 is 0 Å². The zero-order chi connectivity index (χ0) is 34.3. The van der Waals surface area contributed by atoms with Crippen LogP contribution in [0, 0.1) is 0 Å². The van der Waals surface area contributed by atoms with Crippen LogP contribution in [0.2, 0.25) is 19.1 Å². The van der Waals surface area contributed by atoms with Crippen molar-refractivity contribution in [3.8, 4) is 0 Å². The monoisotopic (exact) mass is 696 g/mol. The van der Waals surface area contributed by atoms with Gasteiger partial charge in [0.15, 0.2) is 0 Å². The molecule has 3 aromatic carbocycles. The van der Waals surface area contributed by atoms with Gasteiger partial charge in [-0.3, -0.25) is 0 Å². The molecule has 0 nitrogen and oxygen atoms in total. The van der Waals surface area contributed by atoms with Gasteiger partial charge in [-0.2, -0.15) is 13.2 Å². The zero-order valence-corrected chi connectivity index (χ0v) is 26.1. The number of rotatable bonds is 12. The van der Waals surface area contributed by atoms with Crippen LogP contribution in [-0.2, 0) is 6.04 Å². The Labute approximate surface area is 253 Å². The minimum atomic E-state index is -7.89. The SMILES string of the molecule is C[Si](C)(CCC(F)(F)C(F)(F)C(F)(F)C(F)(F)C(F)(F)C(F)(F)F)Cc1ccccc1[PH](C)(c1ccccc1)c1ccccc1. The van der Waals surface area contributed by atoms with E-state index >= 15 is 0 Å². The number of benzene rings is 3. The molecule has 0 bridgehead atoms. The molecule has 0 aromatic heterocycles. The average Bonchev–Trinajstić information content (AvgIpc) is 2.96. The predicted octanol–water partition coefficient (Wildman–Crippen LogP) is 9.26. The quantitative estimate of drug-likeness (QED) is 0.101. The molecule has 45 heavy (non-hydrogen) atoms. The summed E-state index contributed by atoms with van der Waals surface area (Å²) >= 11 is 0. The van der Waals surface area contributed by atoms with Crippen molar-refractivity contribution in [2.24, 2.45) is 0 Å². The Morgan fingerprint density at radius 2 is 0.933 bits per heavy atom. The topological polar surface area (TPSA) is 0 Å². The molecule has 0 aliphatic carbocycles. The van der Waals surface area contributed by atoms with E-state index in [0.29, 0.717) is 5.56 Å². The summed E-state index contributed by atoms with van der Waals surface area (Å²) in [6.07, 6.45) is -9.58. The van der Waals surface area contributed by atoms with Gasteiger partial charge in [-0.25, -0.2) is 0 Å². The molecule has 0 unspecified atom stereocenters. The minimum absolute atomic E-state index is 0.0474. The summed E-state index contributed by atoms with van der Waals surface area (Å²) < 4.78 is 177. The maximum absolute atomic E-state index is 14.6. The summed E-state index contributed by atoms with van der Waals surface area (Å²) in [5, 5.41) is 2.81. The van der Waals surface area contributed by atoms with Gasteiger partial charge in [-0.05, 0) is 0 Å². The predicted molar refractivity (Wildman–Crippen MR) is 154 cm³/mol. The third-order valence-corrected chi connectivity index (χ3v) is 15.5. The second kappa shape index (κ2) is 12.2. The van der Waals surface area contributed by atoms with E-state index in [2.05, 4.69) is 6.66 Å². The molecular weight excluding hydrogens is 666 g/mol. The molecule has 0 aliphatic heterocycles. The van der Waals surface area contributed by atoms with Crippen molar-refractivity contribution in [3.05, 3.63) is 90.5 Å². The van der Waals surface area contributed by atoms with Crippen molar-refractivity contribution >= 4 is 31.2 Å². The Bertz CT molecular complexity index is 1400. The molecule has 0 amide bonds. The number of alkyl halides is 13. The van der Waals surface area contributed by atoms with Crippen molar-refractivity contribution in [2.45, 2.75) is 67.4 Å². The van der Waals surface area contributed by atoms with E-state index in [0.717, 1.165) is 15.9 Å². The van der Waals surface area contributed by atoms with E-state index in [1.54, 1.807) is 18.2 Å². The fourth-order valence-electron chi connectivity index (χ4n) is 5.24. The van der Waals surface area contributed by atoms with E-state index in [-0.39, 0.29) is 6.04 Å². The molecule has 250 valence electrons. The third kappa shape index (κ3) is 6.50. The average molecular weight is 697 g/mol. The van der Waals surface area contributed by atoms with Crippen LogP contribution in [0.25, 0.3) is 0 Å². The summed E-state index contributed by atoms with van der Waals surface area (Å²) in [6, 6.07) is 24.9. The Kier molecular flexibility index (Phi) is 10.00. The van der Waals surface area contributed by atoms with Crippen molar-refractivity contribution < 1.29 is 57.1 Å². The van der Waals surface area contributed by atoms with Crippen LogP contribution in [0.1, 0.15) is 12.0 Å². The second-order valence-electron chi connectivity index (χ2n) is 11.9. The van der Waals surface area contributed by atoms with E-state index < -0.39 is 63.6 Å². The summed E-state index contributed by atoms with van der Waals surface area (Å²) in [5.41, 5.74) is 0.660. The standard InChI is InChI=1S/C30H30F13PSi/c1-44(22-13-6-4-7-14-22,23-15-8-5-9-16-23)24-17-11-10-12-21(24)20-45(2,3)19-18-25(31,32)26(33,34)27(35,36)28(37,38)29(39,40)30(41,42)43/h4-17,44H,18-20H2,1-3H3. The number of halogens is 13. The van der Waals surface area contributed by atoms with Crippen LogP contribution in [0.3, 0.4) is 0 Å². The van der Waals surface area contributed by atoms with Crippen molar-refractivity contribution in [3.63, 3.8) is 0 Å².